The molecule has 170 valence electrons. The van der Waals surface area contributed by atoms with E-state index in [1.807, 2.05) is 85.8 Å². The second-order valence-electron chi connectivity index (χ2n) is 7.96. The highest BCUT2D eigenvalue weighted by Crippen LogP contribution is 2.21. The van der Waals surface area contributed by atoms with Crippen LogP contribution in [0.4, 0.5) is 11.4 Å². The van der Waals surface area contributed by atoms with Crippen molar-refractivity contribution < 1.29 is 14.3 Å². The molecule has 0 atom stereocenters. The summed E-state index contributed by atoms with van der Waals surface area (Å²) in [6.45, 7) is 5.52. The highest BCUT2D eigenvalue weighted by Gasteiger charge is 2.18. The van der Waals surface area contributed by atoms with Crippen molar-refractivity contribution in [2.75, 3.05) is 49.6 Å². The topological polar surface area (TPSA) is 61.9 Å². The van der Waals surface area contributed by atoms with Crippen LogP contribution in [0.1, 0.15) is 17.3 Å². The van der Waals surface area contributed by atoms with Gasteiger partial charge in [0.2, 0.25) is 5.91 Å². The van der Waals surface area contributed by atoms with Crippen LogP contribution < -0.4 is 10.2 Å². The molecule has 1 aliphatic rings. The lowest BCUT2D eigenvalue weighted by atomic mass is 10.0. The summed E-state index contributed by atoms with van der Waals surface area (Å²) in [5.74, 6) is -0.375. The summed E-state index contributed by atoms with van der Waals surface area (Å²) in [6.07, 6.45) is 0. The first-order valence-corrected chi connectivity index (χ1v) is 11.3. The number of carbonyl (C=O) groups excluding carboxylic acids is 2. The summed E-state index contributed by atoms with van der Waals surface area (Å²) in [6, 6.07) is 25.3. The average molecular weight is 444 g/mol. The Balaban J connectivity index is 1.35. The second-order valence-corrected chi connectivity index (χ2v) is 7.96. The van der Waals surface area contributed by atoms with Crippen molar-refractivity contribution in [3.8, 4) is 11.1 Å². The van der Waals surface area contributed by atoms with E-state index in [0.29, 0.717) is 17.8 Å². The molecule has 0 aliphatic carbocycles. The number of benzene rings is 3. The standard InChI is InChI=1S/C27H29N3O3/c1-2-29(27(32)23-10-8-22(9-11-23)21-6-4-3-5-7-21)20-26(31)28-24-12-14-25(15-13-24)30-16-18-33-19-17-30/h3-15H,2,16-20H2,1H3,(H,28,31). The van der Waals surface area contributed by atoms with Crippen LogP contribution in [0.3, 0.4) is 0 Å². The van der Waals surface area contributed by atoms with Crippen LogP contribution in [0, 0.1) is 0 Å². The number of rotatable bonds is 7. The fourth-order valence-electron chi connectivity index (χ4n) is 3.90. The molecule has 1 N–H and O–H groups in total. The second kappa shape index (κ2) is 10.8. The zero-order valence-electron chi connectivity index (χ0n) is 18.9. The highest BCUT2D eigenvalue weighted by molar-refractivity contribution is 5.99. The molecular formula is C27H29N3O3. The van der Waals surface area contributed by atoms with E-state index in [4.69, 9.17) is 4.74 Å². The van der Waals surface area contributed by atoms with Gasteiger partial charge in [0.1, 0.15) is 6.54 Å². The van der Waals surface area contributed by atoms with Crippen molar-refractivity contribution in [2.24, 2.45) is 0 Å². The van der Waals surface area contributed by atoms with Crippen molar-refractivity contribution in [3.05, 3.63) is 84.4 Å². The largest absolute Gasteiger partial charge is 0.378 e. The summed E-state index contributed by atoms with van der Waals surface area (Å²) >= 11 is 0. The number of hydrogen-bond donors (Lipinski definition) is 1. The Morgan fingerprint density at radius 3 is 2.15 bits per heavy atom. The van der Waals surface area contributed by atoms with Crippen molar-refractivity contribution >= 4 is 23.2 Å². The predicted octanol–water partition coefficient (Wildman–Crippen LogP) is 4.29. The number of anilines is 2. The number of hydrogen-bond acceptors (Lipinski definition) is 4. The number of ether oxygens (including phenoxy) is 1. The lowest BCUT2D eigenvalue weighted by Gasteiger charge is -2.29. The third-order valence-corrected chi connectivity index (χ3v) is 5.77. The number of carbonyl (C=O) groups is 2. The monoisotopic (exact) mass is 443 g/mol. The van der Waals surface area contributed by atoms with Gasteiger partial charge in [0.15, 0.2) is 0 Å². The maximum Gasteiger partial charge on any atom is 0.254 e. The summed E-state index contributed by atoms with van der Waals surface area (Å²) < 4.78 is 5.39. The Kier molecular flexibility index (Phi) is 7.37. The van der Waals surface area contributed by atoms with Crippen molar-refractivity contribution in [1.29, 1.82) is 0 Å². The van der Waals surface area contributed by atoms with Gasteiger partial charge in [-0.15, -0.1) is 0 Å². The third-order valence-electron chi connectivity index (χ3n) is 5.77. The molecule has 3 aromatic rings. The van der Waals surface area contributed by atoms with Crippen LogP contribution >= 0.6 is 0 Å². The minimum absolute atomic E-state index is 0.000977. The lowest BCUT2D eigenvalue weighted by Crippen LogP contribution is -2.38. The molecule has 6 nitrogen and oxygen atoms in total. The maximum atomic E-state index is 13.0. The van der Waals surface area contributed by atoms with E-state index in [-0.39, 0.29) is 18.4 Å². The molecule has 1 fully saturated rings. The molecule has 0 unspecified atom stereocenters. The average Bonchev–Trinajstić information content (AvgIpc) is 2.88. The number of likely N-dealkylation sites (N-methyl/N-ethyl adjacent to an activating group) is 1. The summed E-state index contributed by atoms with van der Waals surface area (Å²) in [4.78, 5) is 29.4. The maximum absolute atomic E-state index is 13.0. The molecule has 0 aromatic heterocycles. The minimum Gasteiger partial charge on any atom is -0.378 e. The Morgan fingerprint density at radius 2 is 1.52 bits per heavy atom. The fourth-order valence-corrected chi connectivity index (χ4v) is 3.90. The van der Waals surface area contributed by atoms with Crippen molar-refractivity contribution in [3.63, 3.8) is 0 Å². The minimum atomic E-state index is -0.217. The van der Waals surface area contributed by atoms with E-state index in [9.17, 15) is 9.59 Å². The van der Waals surface area contributed by atoms with Crippen molar-refractivity contribution in [2.45, 2.75) is 6.92 Å². The predicted molar refractivity (Wildman–Crippen MR) is 132 cm³/mol. The third kappa shape index (κ3) is 5.79. The Hall–Kier alpha value is -3.64. The molecule has 0 spiro atoms. The molecule has 6 heteroatoms. The molecule has 1 saturated heterocycles. The van der Waals surface area contributed by atoms with Crippen LogP contribution in [0.2, 0.25) is 0 Å². The summed E-state index contributed by atoms with van der Waals surface area (Å²) in [5, 5.41) is 2.90. The molecule has 3 aromatic carbocycles. The first-order valence-electron chi connectivity index (χ1n) is 11.3. The molecule has 0 bridgehead atoms. The SMILES string of the molecule is CCN(CC(=O)Nc1ccc(N2CCOCC2)cc1)C(=O)c1ccc(-c2ccccc2)cc1. The fraction of sp³-hybridized carbons (Fsp3) is 0.259. The number of nitrogens with zero attached hydrogens (tertiary/aromatic N) is 2. The Morgan fingerprint density at radius 1 is 0.879 bits per heavy atom. The summed E-state index contributed by atoms with van der Waals surface area (Å²) in [7, 11) is 0. The van der Waals surface area contributed by atoms with Gasteiger partial charge in [0.25, 0.3) is 5.91 Å². The van der Waals surface area contributed by atoms with Crippen LogP contribution in [0.5, 0.6) is 0 Å². The van der Waals surface area contributed by atoms with Gasteiger partial charge < -0.3 is 19.9 Å². The van der Waals surface area contributed by atoms with Gasteiger partial charge in [-0.05, 0) is 54.4 Å². The van der Waals surface area contributed by atoms with E-state index in [1.54, 1.807) is 4.90 Å². The number of amides is 2. The quantitative estimate of drug-likeness (QED) is 0.592. The van der Waals surface area contributed by atoms with Gasteiger partial charge >= 0.3 is 0 Å². The van der Waals surface area contributed by atoms with Gasteiger partial charge in [0, 0.05) is 36.6 Å². The zero-order chi connectivity index (χ0) is 23.0. The van der Waals surface area contributed by atoms with Crippen LogP contribution in [0.25, 0.3) is 11.1 Å². The Bertz CT molecular complexity index is 1060. The number of nitrogens with one attached hydrogen (secondary N) is 1. The molecule has 1 aliphatic heterocycles. The molecule has 33 heavy (non-hydrogen) atoms. The van der Waals surface area contributed by atoms with E-state index in [1.165, 1.54) is 0 Å². The van der Waals surface area contributed by atoms with Crippen LogP contribution in [0.15, 0.2) is 78.9 Å². The van der Waals surface area contributed by atoms with E-state index < -0.39 is 0 Å². The first-order chi connectivity index (χ1) is 16.1. The zero-order valence-corrected chi connectivity index (χ0v) is 18.9. The molecule has 0 radical (unpaired) electrons. The Labute approximate surface area is 194 Å². The van der Waals surface area contributed by atoms with E-state index in [0.717, 1.165) is 43.1 Å². The van der Waals surface area contributed by atoms with Gasteiger partial charge in [-0.3, -0.25) is 9.59 Å². The van der Waals surface area contributed by atoms with E-state index >= 15 is 0 Å². The van der Waals surface area contributed by atoms with Crippen LogP contribution in [-0.4, -0.2) is 56.1 Å². The highest BCUT2D eigenvalue weighted by atomic mass is 16.5. The smallest absolute Gasteiger partial charge is 0.254 e. The molecular weight excluding hydrogens is 414 g/mol. The van der Waals surface area contributed by atoms with Crippen LogP contribution in [-0.2, 0) is 9.53 Å². The van der Waals surface area contributed by atoms with Gasteiger partial charge in [-0.1, -0.05) is 42.5 Å². The lowest BCUT2D eigenvalue weighted by molar-refractivity contribution is -0.116. The van der Waals surface area contributed by atoms with Gasteiger partial charge in [-0.25, -0.2) is 0 Å². The van der Waals surface area contributed by atoms with Gasteiger partial charge in [0.05, 0.1) is 13.2 Å². The number of morpholine rings is 1. The normalized spacial score (nSPS) is 13.4. The molecule has 4 rings (SSSR count). The molecule has 1 heterocycles. The molecule has 0 saturated carbocycles. The van der Waals surface area contributed by atoms with E-state index in [2.05, 4.69) is 10.2 Å². The molecule has 2 amide bonds. The first kappa shape index (κ1) is 22.6. The summed E-state index contributed by atoms with van der Waals surface area (Å²) in [5.41, 5.74) is 4.55. The van der Waals surface area contributed by atoms with Gasteiger partial charge in [-0.2, -0.15) is 0 Å². The van der Waals surface area contributed by atoms with Crippen molar-refractivity contribution in [1.82, 2.24) is 4.90 Å².